The summed E-state index contributed by atoms with van der Waals surface area (Å²) in [4.78, 5) is 12.6. The van der Waals surface area contributed by atoms with E-state index in [2.05, 4.69) is 29.6 Å². The smallest absolute Gasteiger partial charge is 0.252 e. The topological polar surface area (TPSA) is 29.1 Å². The summed E-state index contributed by atoms with van der Waals surface area (Å²) in [7, 11) is 0. The summed E-state index contributed by atoms with van der Waals surface area (Å²) in [6.07, 6.45) is 0. The van der Waals surface area contributed by atoms with Gasteiger partial charge < -0.3 is 5.32 Å². The molecule has 0 aliphatic heterocycles. The standard InChI is InChI=1S/C21H18ClNO/c1-15-7-9-17(10-8-15)20(16-5-3-2-4-6-16)23-21(24)18-11-13-19(22)14-12-18/h2-14,20H,1H3,(H,23,24)/t20-/m1/s1. The summed E-state index contributed by atoms with van der Waals surface area (Å²) in [5, 5.41) is 3.74. The van der Waals surface area contributed by atoms with Crippen LogP contribution in [0.2, 0.25) is 5.02 Å². The maximum Gasteiger partial charge on any atom is 0.252 e. The Balaban J connectivity index is 1.91. The van der Waals surface area contributed by atoms with Crippen LogP contribution < -0.4 is 5.32 Å². The van der Waals surface area contributed by atoms with Gasteiger partial charge in [-0.15, -0.1) is 0 Å². The second-order valence-electron chi connectivity index (χ2n) is 5.73. The molecule has 0 spiro atoms. The predicted molar refractivity (Wildman–Crippen MR) is 98.4 cm³/mol. The summed E-state index contributed by atoms with van der Waals surface area (Å²) in [5.74, 6) is -0.124. The van der Waals surface area contributed by atoms with Gasteiger partial charge in [-0.2, -0.15) is 0 Å². The van der Waals surface area contributed by atoms with Crippen molar-refractivity contribution in [2.45, 2.75) is 13.0 Å². The van der Waals surface area contributed by atoms with Crippen LogP contribution in [-0.4, -0.2) is 5.91 Å². The Hall–Kier alpha value is -2.58. The first-order chi connectivity index (χ1) is 11.6. The van der Waals surface area contributed by atoms with E-state index in [-0.39, 0.29) is 11.9 Å². The van der Waals surface area contributed by atoms with Crippen molar-refractivity contribution < 1.29 is 4.79 Å². The number of benzene rings is 3. The van der Waals surface area contributed by atoms with E-state index in [0.717, 1.165) is 11.1 Å². The second-order valence-corrected chi connectivity index (χ2v) is 6.17. The Kier molecular flexibility index (Phi) is 4.97. The monoisotopic (exact) mass is 335 g/mol. The van der Waals surface area contributed by atoms with Crippen LogP contribution in [0, 0.1) is 6.92 Å². The molecule has 3 aromatic rings. The average Bonchev–Trinajstić information content (AvgIpc) is 2.62. The highest BCUT2D eigenvalue weighted by Gasteiger charge is 2.17. The molecule has 0 saturated carbocycles. The van der Waals surface area contributed by atoms with Crippen molar-refractivity contribution in [1.29, 1.82) is 0 Å². The minimum atomic E-state index is -0.199. The van der Waals surface area contributed by atoms with Crippen LogP contribution in [0.25, 0.3) is 0 Å². The molecule has 24 heavy (non-hydrogen) atoms. The lowest BCUT2D eigenvalue weighted by atomic mass is 9.97. The maximum absolute atomic E-state index is 12.6. The van der Waals surface area contributed by atoms with Gasteiger partial charge in [0.05, 0.1) is 6.04 Å². The Morgan fingerprint density at radius 1 is 0.833 bits per heavy atom. The molecule has 0 radical (unpaired) electrons. The third-order valence-electron chi connectivity index (χ3n) is 3.93. The molecule has 3 rings (SSSR count). The van der Waals surface area contributed by atoms with Gasteiger partial charge in [0.25, 0.3) is 5.91 Å². The van der Waals surface area contributed by atoms with Crippen molar-refractivity contribution >= 4 is 17.5 Å². The largest absolute Gasteiger partial charge is 0.341 e. The highest BCUT2D eigenvalue weighted by atomic mass is 35.5. The van der Waals surface area contributed by atoms with Crippen molar-refractivity contribution in [3.05, 3.63) is 106 Å². The quantitative estimate of drug-likeness (QED) is 0.700. The molecule has 0 aliphatic rings. The Morgan fingerprint density at radius 2 is 1.42 bits per heavy atom. The number of carbonyl (C=O) groups excluding carboxylic acids is 1. The number of halogens is 1. The van der Waals surface area contributed by atoms with Gasteiger partial charge >= 0.3 is 0 Å². The Labute approximate surface area is 147 Å². The molecule has 0 saturated heterocycles. The molecule has 1 atom stereocenters. The number of nitrogens with one attached hydrogen (secondary N) is 1. The molecule has 0 bridgehead atoms. The second kappa shape index (κ2) is 7.33. The van der Waals surface area contributed by atoms with Crippen LogP contribution in [0.15, 0.2) is 78.9 Å². The lowest BCUT2D eigenvalue weighted by molar-refractivity contribution is 0.0943. The highest BCUT2D eigenvalue weighted by molar-refractivity contribution is 6.30. The molecule has 3 heteroatoms. The first kappa shape index (κ1) is 16.3. The van der Waals surface area contributed by atoms with Crippen molar-refractivity contribution in [2.75, 3.05) is 0 Å². The van der Waals surface area contributed by atoms with Crippen LogP contribution in [0.3, 0.4) is 0 Å². The highest BCUT2D eigenvalue weighted by Crippen LogP contribution is 2.23. The molecule has 0 aromatic heterocycles. The first-order valence-electron chi connectivity index (χ1n) is 7.81. The van der Waals surface area contributed by atoms with Crippen molar-refractivity contribution in [3.63, 3.8) is 0 Å². The number of hydrogen-bond acceptors (Lipinski definition) is 1. The lowest BCUT2D eigenvalue weighted by Gasteiger charge is -2.20. The zero-order valence-corrected chi connectivity index (χ0v) is 14.1. The Morgan fingerprint density at radius 3 is 2.04 bits per heavy atom. The van der Waals surface area contributed by atoms with Gasteiger partial charge in [0, 0.05) is 10.6 Å². The summed E-state index contributed by atoms with van der Waals surface area (Å²) >= 11 is 5.90. The Bertz CT molecular complexity index is 811. The number of rotatable bonds is 4. The number of carbonyl (C=O) groups is 1. The fraction of sp³-hybridized carbons (Fsp3) is 0.0952. The van der Waals surface area contributed by atoms with E-state index in [1.54, 1.807) is 24.3 Å². The number of amides is 1. The molecule has 1 N–H and O–H groups in total. The van der Waals surface area contributed by atoms with Gasteiger partial charge in [0.1, 0.15) is 0 Å². The van der Waals surface area contributed by atoms with E-state index in [9.17, 15) is 4.79 Å². The van der Waals surface area contributed by atoms with Gasteiger partial charge in [-0.3, -0.25) is 4.79 Å². The lowest BCUT2D eigenvalue weighted by Crippen LogP contribution is -2.29. The molecule has 0 heterocycles. The predicted octanol–water partition coefficient (Wildman–Crippen LogP) is 5.17. The van der Waals surface area contributed by atoms with Gasteiger partial charge in [0.15, 0.2) is 0 Å². The molecule has 0 unspecified atom stereocenters. The molecule has 0 aliphatic carbocycles. The third kappa shape index (κ3) is 3.84. The van der Waals surface area contributed by atoms with Gasteiger partial charge in [-0.05, 0) is 42.3 Å². The van der Waals surface area contributed by atoms with E-state index in [1.165, 1.54) is 5.56 Å². The number of hydrogen-bond donors (Lipinski definition) is 1. The molecular weight excluding hydrogens is 318 g/mol. The van der Waals surface area contributed by atoms with Gasteiger partial charge in [-0.25, -0.2) is 0 Å². The minimum Gasteiger partial charge on any atom is -0.341 e. The normalized spacial score (nSPS) is 11.8. The summed E-state index contributed by atoms with van der Waals surface area (Å²) in [6, 6.07) is 24.9. The van der Waals surface area contributed by atoms with Gasteiger partial charge in [-0.1, -0.05) is 71.8 Å². The molecule has 0 fully saturated rings. The fourth-order valence-corrected chi connectivity index (χ4v) is 2.71. The summed E-state index contributed by atoms with van der Waals surface area (Å²) in [6.45, 7) is 2.05. The van der Waals surface area contributed by atoms with Crippen LogP contribution in [-0.2, 0) is 0 Å². The summed E-state index contributed by atoms with van der Waals surface area (Å²) < 4.78 is 0. The zero-order valence-electron chi connectivity index (χ0n) is 13.4. The van der Waals surface area contributed by atoms with E-state index in [4.69, 9.17) is 11.6 Å². The molecule has 2 nitrogen and oxygen atoms in total. The molecule has 1 amide bonds. The molecule has 3 aromatic carbocycles. The van der Waals surface area contributed by atoms with E-state index in [0.29, 0.717) is 10.6 Å². The van der Waals surface area contributed by atoms with Crippen molar-refractivity contribution in [2.24, 2.45) is 0 Å². The van der Waals surface area contributed by atoms with Crippen molar-refractivity contribution in [3.8, 4) is 0 Å². The van der Waals surface area contributed by atoms with Crippen LogP contribution in [0.4, 0.5) is 0 Å². The van der Waals surface area contributed by atoms with E-state index < -0.39 is 0 Å². The summed E-state index contributed by atoms with van der Waals surface area (Å²) in [5.41, 5.74) is 3.87. The fourth-order valence-electron chi connectivity index (χ4n) is 2.58. The van der Waals surface area contributed by atoms with Crippen molar-refractivity contribution in [1.82, 2.24) is 5.32 Å². The van der Waals surface area contributed by atoms with Crippen LogP contribution in [0.1, 0.15) is 33.1 Å². The van der Waals surface area contributed by atoms with Gasteiger partial charge in [0.2, 0.25) is 0 Å². The first-order valence-corrected chi connectivity index (χ1v) is 8.19. The third-order valence-corrected chi connectivity index (χ3v) is 4.18. The van der Waals surface area contributed by atoms with Crippen LogP contribution in [0.5, 0.6) is 0 Å². The minimum absolute atomic E-state index is 0.124. The average molecular weight is 336 g/mol. The van der Waals surface area contributed by atoms with Crippen LogP contribution >= 0.6 is 11.6 Å². The number of aryl methyl sites for hydroxylation is 1. The molecule has 120 valence electrons. The SMILES string of the molecule is Cc1ccc([C@H](NC(=O)c2ccc(Cl)cc2)c2ccccc2)cc1. The van der Waals surface area contributed by atoms with E-state index in [1.807, 2.05) is 37.3 Å². The molecular formula is C21H18ClNO. The maximum atomic E-state index is 12.6. The zero-order chi connectivity index (χ0) is 16.9. The van der Waals surface area contributed by atoms with E-state index >= 15 is 0 Å².